The van der Waals surface area contributed by atoms with Crippen molar-refractivity contribution in [1.29, 1.82) is 0 Å². The lowest BCUT2D eigenvalue weighted by Gasteiger charge is -2.26. The van der Waals surface area contributed by atoms with Crippen molar-refractivity contribution in [3.63, 3.8) is 0 Å². The van der Waals surface area contributed by atoms with E-state index in [2.05, 4.69) is 19.6 Å². The lowest BCUT2D eigenvalue weighted by atomic mass is 10.9. The molecule has 1 atom stereocenters. The van der Waals surface area contributed by atoms with Crippen molar-refractivity contribution in [2.75, 3.05) is 14.2 Å². The summed E-state index contributed by atoms with van der Waals surface area (Å²) in [6, 6.07) is 0. The number of hydrogen-bond donors (Lipinski definition) is 0. The highest BCUT2D eigenvalue weighted by Gasteiger charge is 2.25. The molecule has 0 aromatic heterocycles. The van der Waals surface area contributed by atoms with Crippen molar-refractivity contribution >= 4 is 37.2 Å². The highest BCUT2D eigenvalue weighted by atomic mass is 32.9. The van der Waals surface area contributed by atoms with E-state index in [9.17, 15) is 0 Å². The van der Waals surface area contributed by atoms with Crippen molar-refractivity contribution in [2.45, 2.75) is 32.0 Å². The standard InChI is InChI=1S/C7H19O3PS2Si/c1-7(10-14(4,5)6)13-11(12,8-2)9-3/h7H,1-6H3. The van der Waals surface area contributed by atoms with E-state index in [-0.39, 0.29) is 5.44 Å². The van der Waals surface area contributed by atoms with Crippen LogP contribution in [0.1, 0.15) is 6.92 Å². The molecule has 0 N–H and O–H groups in total. The van der Waals surface area contributed by atoms with E-state index in [0.717, 1.165) is 0 Å². The lowest BCUT2D eigenvalue weighted by Crippen LogP contribution is -2.28. The van der Waals surface area contributed by atoms with Crippen LogP contribution in [-0.2, 0) is 25.3 Å². The van der Waals surface area contributed by atoms with Crippen LogP contribution in [0.15, 0.2) is 0 Å². The summed E-state index contributed by atoms with van der Waals surface area (Å²) in [5.74, 6) is 0. The highest BCUT2D eigenvalue weighted by molar-refractivity contribution is 8.68. The van der Waals surface area contributed by atoms with Gasteiger partial charge in [-0.2, -0.15) is 0 Å². The van der Waals surface area contributed by atoms with Gasteiger partial charge in [-0.3, -0.25) is 0 Å². The second kappa shape index (κ2) is 5.99. The van der Waals surface area contributed by atoms with E-state index >= 15 is 0 Å². The van der Waals surface area contributed by atoms with Crippen molar-refractivity contribution in [1.82, 2.24) is 0 Å². The average molecular weight is 274 g/mol. The topological polar surface area (TPSA) is 27.7 Å². The molecule has 0 radical (unpaired) electrons. The van der Waals surface area contributed by atoms with Gasteiger partial charge in [0, 0.05) is 14.2 Å². The first-order valence-electron chi connectivity index (χ1n) is 4.30. The predicted octanol–water partition coefficient (Wildman–Crippen LogP) is 3.43. The Morgan fingerprint density at radius 1 is 1.21 bits per heavy atom. The molecule has 7 heteroatoms. The Balaban J connectivity index is 4.18. The Morgan fingerprint density at radius 3 is 1.93 bits per heavy atom. The predicted molar refractivity (Wildman–Crippen MR) is 69.8 cm³/mol. The van der Waals surface area contributed by atoms with Gasteiger partial charge in [-0.15, -0.1) is 0 Å². The molecule has 0 rings (SSSR count). The van der Waals surface area contributed by atoms with Gasteiger partial charge in [0.05, 0.1) is 5.44 Å². The molecule has 0 saturated heterocycles. The van der Waals surface area contributed by atoms with Gasteiger partial charge in [0.25, 0.3) is 0 Å². The summed E-state index contributed by atoms with van der Waals surface area (Å²) >= 11 is 6.70. The Hall–Kier alpha value is 1.10. The normalized spacial score (nSPS) is 15.6. The zero-order chi connectivity index (χ0) is 11.4. The molecule has 0 bridgehead atoms. The first-order chi connectivity index (χ1) is 6.22. The van der Waals surface area contributed by atoms with Crippen LogP contribution >= 0.6 is 17.1 Å². The summed E-state index contributed by atoms with van der Waals surface area (Å²) in [5, 5.41) is 0. The molecule has 0 heterocycles. The minimum absolute atomic E-state index is 0.0346. The molecule has 0 aliphatic rings. The fourth-order valence-electron chi connectivity index (χ4n) is 0.862. The highest BCUT2D eigenvalue weighted by Crippen LogP contribution is 2.61. The fraction of sp³-hybridized carbons (Fsp3) is 1.00. The summed E-state index contributed by atoms with van der Waals surface area (Å²) in [6.07, 6.45) is 0. The summed E-state index contributed by atoms with van der Waals surface area (Å²) < 4.78 is 16.2. The van der Waals surface area contributed by atoms with Gasteiger partial charge in [-0.1, -0.05) is 0 Å². The third kappa shape index (κ3) is 6.56. The molecule has 0 aliphatic carbocycles. The minimum atomic E-state index is -2.18. The van der Waals surface area contributed by atoms with Crippen LogP contribution in [0.2, 0.25) is 19.6 Å². The maximum Gasteiger partial charge on any atom is 0.249 e. The summed E-state index contributed by atoms with van der Waals surface area (Å²) in [7, 11) is 1.66. The zero-order valence-corrected chi connectivity index (χ0v) is 13.1. The van der Waals surface area contributed by atoms with Gasteiger partial charge in [0.15, 0.2) is 8.32 Å². The molecule has 0 saturated carbocycles. The maximum absolute atomic E-state index is 5.84. The lowest BCUT2D eigenvalue weighted by molar-refractivity contribution is 0.300. The van der Waals surface area contributed by atoms with Crippen LogP contribution in [0.25, 0.3) is 0 Å². The van der Waals surface area contributed by atoms with Crippen LogP contribution in [0.4, 0.5) is 0 Å². The SMILES string of the molecule is COP(=S)(OC)SC(C)O[Si](C)(C)C. The molecule has 86 valence electrons. The Morgan fingerprint density at radius 2 is 1.64 bits per heavy atom. The third-order valence-corrected chi connectivity index (χ3v) is 8.25. The molecule has 0 aliphatic heterocycles. The van der Waals surface area contributed by atoms with Gasteiger partial charge < -0.3 is 13.5 Å². The van der Waals surface area contributed by atoms with E-state index in [4.69, 9.17) is 25.3 Å². The van der Waals surface area contributed by atoms with Crippen LogP contribution in [-0.4, -0.2) is 28.0 Å². The van der Waals surface area contributed by atoms with E-state index in [1.54, 1.807) is 14.2 Å². The molecular weight excluding hydrogens is 255 g/mol. The number of hydrogen-bond acceptors (Lipinski definition) is 5. The van der Waals surface area contributed by atoms with Gasteiger partial charge in [0.1, 0.15) is 0 Å². The molecule has 3 nitrogen and oxygen atoms in total. The minimum Gasteiger partial charge on any atom is -0.406 e. The Kier molecular flexibility index (Phi) is 6.46. The Bertz CT molecular complexity index is 211. The van der Waals surface area contributed by atoms with Crippen LogP contribution in [0.5, 0.6) is 0 Å². The molecule has 0 spiro atoms. The third-order valence-electron chi connectivity index (χ3n) is 1.24. The smallest absolute Gasteiger partial charge is 0.249 e. The molecule has 0 aromatic carbocycles. The number of rotatable bonds is 6. The van der Waals surface area contributed by atoms with Crippen molar-refractivity contribution < 1.29 is 13.5 Å². The van der Waals surface area contributed by atoms with E-state index in [1.807, 2.05) is 6.92 Å². The van der Waals surface area contributed by atoms with Crippen molar-refractivity contribution in [3.8, 4) is 0 Å². The molecule has 14 heavy (non-hydrogen) atoms. The molecule has 0 fully saturated rings. The van der Waals surface area contributed by atoms with Gasteiger partial charge >= 0.3 is 0 Å². The quantitative estimate of drug-likeness (QED) is 0.420. The monoisotopic (exact) mass is 274 g/mol. The van der Waals surface area contributed by atoms with Crippen LogP contribution < -0.4 is 0 Å². The van der Waals surface area contributed by atoms with Crippen LogP contribution in [0, 0.1) is 0 Å². The van der Waals surface area contributed by atoms with E-state index < -0.39 is 14.0 Å². The summed E-state index contributed by atoms with van der Waals surface area (Å²) in [4.78, 5) is 0. The van der Waals surface area contributed by atoms with Gasteiger partial charge in [0.2, 0.25) is 5.69 Å². The molecule has 0 amide bonds. The summed E-state index contributed by atoms with van der Waals surface area (Å²) in [5.41, 5.74) is -2.14. The van der Waals surface area contributed by atoms with E-state index in [0.29, 0.717) is 0 Å². The van der Waals surface area contributed by atoms with Crippen LogP contribution in [0.3, 0.4) is 0 Å². The van der Waals surface area contributed by atoms with E-state index in [1.165, 1.54) is 11.4 Å². The molecular formula is C7H19O3PS2Si. The average Bonchev–Trinajstić information content (AvgIpc) is 2.00. The second-order valence-electron chi connectivity index (χ2n) is 3.72. The van der Waals surface area contributed by atoms with Gasteiger partial charge in [-0.25, -0.2) is 0 Å². The Labute approximate surface area is 96.9 Å². The fourth-order valence-corrected chi connectivity index (χ4v) is 6.67. The van der Waals surface area contributed by atoms with Gasteiger partial charge in [-0.05, 0) is 49.8 Å². The zero-order valence-electron chi connectivity index (χ0n) is 9.57. The van der Waals surface area contributed by atoms with Crippen molar-refractivity contribution in [3.05, 3.63) is 0 Å². The summed E-state index contributed by atoms with van der Waals surface area (Å²) in [6.45, 7) is 8.43. The largest absolute Gasteiger partial charge is 0.406 e. The maximum atomic E-state index is 5.84. The first kappa shape index (κ1) is 15.1. The first-order valence-corrected chi connectivity index (χ1v) is 11.8. The molecule has 1 unspecified atom stereocenters. The van der Waals surface area contributed by atoms with Crippen molar-refractivity contribution in [2.24, 2.45) is 0 Å². The second-order valence-corrected chi connectivity index (χ2v) is 14.9. The molecule has 0 aromatic rings.